The van der Waals surface area contributed by atoms with Gasteiger partial charge in [0.25, 0.3) is 0 Å². The lowest BCUT2D eigenvalue weighted by atomic mass is 10.2. The number of aromatic nitrogens is 3. The van der Waals surface area contributed by atoms with Crippen molar-refractivity contribution in [2.24, 2.45) is 0 Å². The van der Waals surface area contributed by atoms with Crippen LogP contribution in [0.15, 0.2) is 82.1 Å². The molecule has 0 aliphatic heterocycles. The number of hydrogen-bond donors (Lipinski definition) is 1. The molecule has 0 fully saturated rings. The van der Waals surface area contributed by atoms with E-state index in [1.54, 1.807) is 18.3 Å². The maximum atomic E-state index is 10.7. The van der Waals surface area contributed by atoms with Crippen LogP contribution in [-0.2, 0) is 0 Å². The number of hydrogen-bond acceptors (Lipinski definition) is 4. The molecule has 0 saturated carbocycles. The second-order valence-corrected chi connectivity index (χ2v) is 4.51. The molecular weight excluding hydrogens is 278 g/mol. The number of benzene rings is 2. The summed E-state index contributed by atoms with van der Waals surface area (Å²) in [5.41, 5.74) is 2.30. The highest BCUT2D eigenvalue weighted by Crippen LogP contribution is 2.12. The van der Waals surface area contributed by atoms with Crippen LogP contribution in [-0.4, -0.2) is 15.4 Å². The number of para-hydroxylation sites is 1. The topological polar surface area (TPSA) is 71.8 Å². The van der Waals surface area contributed by atoms with Gasteiger partial charge in [0.1, 0.15) is 11.3 Å². The summed E-state index contributed by atoms with van der Waals surface area (Å²) < 4.78 is 4.91. The first-order valence-corrected chi connectivity index (χ1v) is 6.73. The molecule has 0 unspecified atom stereocenters. The van der Waals surface area contributed by atoms with Crippen molar-refractivity contribution in [1.29, 1.82) is 0 Å². The quantitative estimate of drug-likeness (QED) is 0.546. The molecule has 0 radical (unpaired) electrons. The zero-order chi connectivity index (χ0) is 15.2. The van der Waals surface area contributed by atoms with Gasteiger partial charge in [-0.05, 0) is 12.1 Å². The molecule has 0 saturated heterocycles. The summed E-state index contributed by atoms with van der Waals surface area (Å²) in [5, 5.41) is 11.2. The third-order valence-electron chi connectivity index (χ3n) is 3.01. The predicted octanol–water partition coefficient (Wildman–Crippen LogP) is 3.26. The standard InChI is InChI=1S/C9H6O2.C8H7N3/c10-9-6-5-7-3-1-2-4-8(7)11-9;1-2-4-7(5-3-1)8-6-9-11-10-8/h1-6H;1-6H,(H,9,10,11). The number of fused-ring (bicyclic) bond motifs is 1. The van der Waals surface area contributed by atoms with Crippen LogP contribution < -0.4 is 5.63 Å². The van der Waals surface area contributed by atoms with E-state index in [1.165, 1.54) is 6.07 Å². The lowest BCUT2D eigenvalue weighted by Gasteiger charge is -1.91. The second-order valence-electron chi connectivity index (χ2n) is 4.51. The summed E-state index contributed by atoms with van der Waals surface area (Å²) in [6, 6.07) is 20.5. The Balaban J connectivity index is 0.000000131. The molecule has 4 aromatic rings. The summed E-state index contributed by atoms with van der Waals surface area (Å²) in [7, 11) is 0. The lowest BCUT2D eigenvalue weighted by Crippen LogP contribution is -1.93. The van der Waals surface area contributed by atoms with Crippen molar-refractivity contribution < 1.29 is 4.42 Å². The van der Waals surface area contributed by atoms with E-state index in [1.807, 2.05) is 48.5 Å². The number of nitrogens with one attached hydrogen (secondary N) is 1. The van der Waals surface area contributed by atoms with Gasteiger partial charge in [0.2, 0.25) is 0 Å². The van der Waals surface area contributed by atoms with E-state index < -0.39 is 0 Å². The Bertz CT molecular complexity index is 900. The van der Waals surface area contributed by atoms with Crippen LogP contribution in [0.2, 0.25) is 0 Å². The molecule has 4 rings (SSSR count). The van der Waals surface area contributed by atoms with Crippen molar-refractivity contribution in [1.82, 2.24) is 15.4 Å². The Morgan fingerprint density at radius 3 is 2.41 bits per heavy atom. The van der Waals surface area contributed by atoms with Crippen molar-refractivity contribution in [3.05, 3.63) is 83.3 Å². The average molecular weight is 291 g/mol. The number of aromatic amines is 1. The van der Waals surface area contributed by atoms with Crippen LogP contribution in [0.5, 0.6) is 0 Å². The van der Waals surface area contributed by atoms with Crippen LogP contribution in [0.3, 0.4) is 0 Å². The zero-order valence-electron chi connectivity index (χ0n) is 11.6. The molecule has 5 nitrogen and oxygen atoms in total. The van der Waals surface area contributed by atoms with Gasteiger partial charge in [-0.1, -0.05) is 48.5 Å². The Labute approximate surface area is 126 Å². The summed E-state index contributed by atoms with van der Waals surface area (Å²) >= 11 is 0. The highest BCUT2D eigenvalue weighted by Gasteiger charge is 1.96. The molecule has 0 spiro atoms. The van der Waals surface area contributed by atoms with Crippen LogP contribution in [0.25, 0.3) is 22.2 Å². The van der Waals surface area contributed by atoms with E-state index >= 15 is 0 Å². The monoisotopic (exact) mass is 291 g/mol. The molecule has 0 aliphatic carbocycles. The highest BCUT2D eigenvalue weighted by atomic mass is 16.4. The van der Waals surface area contributed by atoms with Crippen LogP contribution in [0, 0.1) is 0 Å². The Morgan fingerprint density at radius 1 is 0.864 bits per heavy atom. The van der Waals surface area contributed by atoms with Crippen LogP contribution >= 0.6 is 0 Å². The van der Waals surface area contributed by atoms with Gasteiger partial charge >= 0.3 is 5.63 Å². The second kappa shape index (κ2) is 6.49. The fourth-order valence-corrected chi connectivity index (χ4v) is 1.96. The van der Waals surface area contributed by atoms with Crippen LogP contribution in [0.4, 0.5) is 0 Å². The van der Waals surface area contributed by atoms with Gasteiger partial charge in [0.05, 0.1) is 6.20 Å². The van der Waals surface area contributed by atoms with Gasteiger partial charge in [-0.25, -0.2) is 4.79 Å². The molecule has 1 N–H and O–H groups in total. The molecule has 5 heteroatoms. The van der Waals surface area contributed by atoms with E-state index in [9.17, 15) is 4.79 Å². The summed E-state index contributed by atoms with van der Waals surface area (Å²) in [5.74, 6) is 0. The minimum Gasteiger partial charge on any atom is -0.423 e. The first-order chi connectivity index (χ1) is 10.8. The smallest absolute Gasteiger partial charge is 0.336 e. The maximum Gasteiger partial charge on any atom is 0.336 e. The fourth-order valence-electron chi connectivity index (χ4n) is 1.96. The third kappa shape index (κ3) is 3.27. The van der Waals surface area contributed by atoms with E-state index in [2.05, 4.69) is 15.4 Å². The number of rotatable bonds is 1. The normalized spacial score (nSPS) is 10.0. The van der Waals surface area contributed by atoms with E-state index in [0.717, 1.165) is 16.6 Å². The molecular formula is C17H13N3O2. The maximum absolute atomic E-state index is 10.7. The lowest BCUT2D eigenvalue weighted by molar-refractivity contribution is 0.561. The molecule has 2 aromatic carbocycles. The summed E-state index contributed by atoms with van der Waals surface area (Å²) in [4.78, 5) is 10.7. The number of H-pyrrole nitrogens is 1. The van der Waals surface area contributed by atoms with E-state index in [0.29, 0.717) is 5.58 Å². The van der Waals surface area contributed by atoms with Crippen molar-refractivity contribution in [2.45, 2.75) is 0 Å². The van der Waals surface area contributed by atoms with Crippen molar-refractivity contribution >= 4 is 11.0 Å². The van der Waals surface area contributed by atoms with Gasteiger partial charge in [0.15, 0.2) is 0 Å². The molecule has 0 amide bonds. The van der Waals surface area contributed by atoms with Gasteiger partial charge in [0, 0.05) is 17.0 Å². The first-order valence-electron chi connectivity index (χ1n) is 6.73. The molecule has 2 heterocycles. The molecule has 0 aliphatic rings. The number of nitrogens with zero attached hydrogens (tertiary/aromatic N) is 2. The van der Waals surface area contributed by atoms with Crippen LogP contribution in [0.1, 0.15) is 0 Å². The predicted molar refractivity (Wildman–Crippen MR) is 84.3 cm³/mol. The van der Waals surface area contributed by atoms with Crippen molar-refractivity contribution in [3.8, 4) is 11.3 Å². The van der Waals surface area contributed by atoms with Gasteiger partial charge in [-0.2, -0.15) is 15.4 Å². The van der Waals surface area contributed by atoms with Gasteiger partial charge in [-0.3, -0.25) is 0 Å². The Hall–Kier alpha value is -3.21. The van der Waals surface area contributed by atoms with Crippen molar-refractivity contribution in [2.75, 3.05) is 0 Å². The molecule has 0 bridgehead atoms. The van der Waals surface area contributed by atoms with Gasteiger partial charge in [-0.15, -0.1) is 0 Å². The van der Waals surface area contributed by atoms with E-state index in [-0.39, 0.29) is 5.63 Å². The Kier molecular flexibility index (Phi) is 4.06. The molecule has 2 aromatic heterocycles. The third-order valence-corrected chi connectivity index (χ3v) is 3.01. The average Bonchev–Trinajstić information content (AvgIpc) is 3.11. The van der Waals surface area contributed by atoms with Crippen molar-refractivity contribution in [3.63, 3.8) is 0 Å². The minimum absolute atomic E-state index is 0.302. The highest BCUT2D eigenvalue weighted by molar-refractivity contribution is 5.75. The molecule has 108 valence electrons. The summed E-state index contributed by atoms with van der Waals surface area (Å²) in [6.45, 7) is 0. The van der Waals surface area contributed by atoms with Gasteiger partial charge < -0.3 is 4.42 Å². The molecule has 0 atom stereocenters. The minimum atomic E-state index is -0.302. The zero-order valence-corrected chi connectivity index (χ0v) is 11.6. The Morgan fingerprint density at radius 2 is 1.64 bits per heavy atom. The summed E-state index contributed by atoms with van der Waals surface area (Å²) in [6.07, 6.45) is 1.70. The molecule has 22 heavy (non-hydrogen) atoms. The largest absolute Gasteiger partial charge is 0.423 e. The first kappa shape index (κ1) is 13.8. The van der Waals surface area contributed by atoms with E-state index in [4.69, 9.17) is 4.42 Å². The fraction of sp³-hybridized carbons (Fsp3) is 0. The SMILES string of the molecule is O=c1ccc2ccccc2o1.c1ccc(-c2cn[nH]n2)cc1.